The Morgan fingerprint density at radius 1 is 1.44 bits per heavy atom. The van der Waals surface area contributed by atoms with E-state index in [9.17, 15) is 0 Å². The second-order valence-electron chi connectivity index (χ2n) is 2.97. The number of thiazole rings is 1. The van der Waals surface area contributed by atoms with Gasteiger partial charge in [0, 0.05) is 18.6 Å². The van der Waals surface area contributed by atoms with Crippen molar-refractivity contribution >= 4 is 39.0 Å². The summed E-state index contributed by atoms with van der Waals surface area (Å²) in [4.78, 5) is 12.6. The molecule has 84 valence electrons. The first-order valence-corrected chi connectivity index (χ1v) is 6.34. The predicted octanol–water partition coefficient (Wildman–Crippen LogP) is 2.35. The zero-order chi connectivity index (χ0) is 11.4. The number of nitrogens with zero attached hydrogens (tertiary/aromatic N) is 3. The quantitative estimate of drug-likeness (QED) is 0.907. The van der Waals surface area contributed by atoms with Gasteiger partial charge in [0.2, 0.25) is 5.95 Å². The van der Waals surface area contributed by atoms with Crippen LogP contribution in [0.4, 0.5) is 11.8 Å². The van der Waals surface area contributed by atoms with Gasteiger partial charge in [0.15, 0.2) is 0 Å². The van der Waals surface area contributed by atoms with E-state index in [4.69, 9.17) is 0 Å². The highest BCUT2D eigenvalue weighted by Crippen LogP contribution is 2.20. The minimum atomic E-state index is 0.587. The Morgan fingerprint density at radius 3 is 3.00 bits per heavy atom. The van der Waals surface area contributed by atoms with Gasteiger partial charge in [0.25, 0.3) is 0 Å². The van der Waals surface area contributed by atoms with Gasteiger partial charge in [-0.15, -0.1) is 11.3 Å². The van der Waals surface area contributed by atoms with Crippen molar-refractivity contribution in [1.29, 1.82) is 0 Å². The van der Waals surface area contributed by atoms with Gasteiger partial charge in [-0.3, -0.25) is 0 Å². The largest absolute Gasteiger partial charge is 0.363 e. The van der Waals surface area contributed by atoms with Crippen LogP contribution in [0, 0.1) is 0 Å². The summed E-state index contributed by atoms with van der Waals surface area (Å²) in [5, 5.41) is 8.09. The van der Waals surface area contributed by atoms with Crippen molar-refractivity contribution in [3.05, 3.63) is 27.3 Å². The number of nitrogens with one attached hydrogen (secondary N) is 2. The molecule has 2 aromatic rings. The molecule has 5 nitrogen and oxygen atoms in total. The highest BCUT2D eigenvalue weighted by atomic mass is 79.9. The van der Waals surface area contributed by atoms with E-state index < -0.39 is 0 Å². The van der Waals surface area contributed by atoms with Crippen LogP contribution in [-0.4, -0.2) is 22.0 Å². The van der Waals surface area contributed by atoms with E-state index in [1.54, 1.807) is 24.6 Å². The Balaban J connectivity index is 2.08. The molecule has 2 N–H and O–H groups in total. The Morgan fingerprint density at radius 2 is 2.31 bits per heavy atom. The molecule has 2 aromatic heterocycles. The monoisotopic (exact) mass is 299 g/mol. The van der Waals surface area contributed by atoms with Gasteiger partial charge in [-0.2, -0.15) is 4.98 Å². The molecule has 16 heavy (non-hydrogen) atoms. The van der Waals surface area contributed by atoms with Gasteiger partial charge in [-0.25, -0.2) is 9.97 Å². The molecule has 0 saturated carbocycles. The minimum Gasteiger partial charge on any atom is -0.363 e. The van der Waals surface area contributed by atoms with Crippen LogP contribution in [0.3, 0.4) is 0 Å². The highest BCUT2D eigenvalue weighted by Gasteiger charge is 2.04. The van der Waals surface area contributed by atoms with Crippen molar-refractivity contribution in [2.24, 2.45) is 0 Å². The van der Waals surface area contributed by atoms with Gasteiger partial charge < -0.3 is 10.6 Å². The zero-order valence-corrected chi connectivity index (χ0v) is 11.0. The number of aromatic nitrogens is 3. The Kier molecular flexibility index (Phi) is 3.68. The molecule has 7 heteroatoms. The Hall–Kier alpha value is -1.21. The maximum Gasteiger partial charge on any atom is 0.224 e. The number of anilines is 2. The van der Waals surface area contributed by atoms with Crippen molar-refractivity contribution in [3.63, 3.8) is 0 Å². The lowest BCUT2D eigenvalue weighted by Crippen LogP contribution is -2.05. The van der Waals surface area contributed by atoms with E-state index >= 15 is 0 Å². The summed E-state index contributed by atoms with van der Waals surface area (Å²) < 4.78 is 0.835. The fourth-order valence-electron chi connectivity index (χ4n) is 1.11. The molecular weight excluding hydrogens is 290 g/mol. The standard InChI is InChI=1S/C9H10BrN5S/c1-11-9-13-3-7(10)8(15-9)12-2-6-4-16-5-14-6/h3-5H,2H2,1H3,(H2,11,12,13,15). The van der Waals surface area contributed by atoms with Crippen LogP contribution in [0.25, 0.3) is 0 Å². The number of hydrogen-bond donors (Lipinski definition) is 2. The topological polar surface area (TPSA) is 62.7 Å². The van der Waals surface area contributed by atoms with E-state index in [1.807, 2.05) is 10.9 Å². The van der Waals surface area contributed by atoms with Crippen LogP contribution in [0.15, 0.2) is 21.6 Å². The summed E-state index contributed by atoms with van der Waals surface area (Å²) in [5.41, 5.74) is 2.81. The lowest BCUT2D eigenvalue weighted by molar-refractivity contribution is 1.03. The molecule has 2 rings (SSSR count). The second kappa shape index (κ2) is 5.22. The van der Waals surface area contributed by atoms with Crippen molar-refractivity contribution in [2.45, 2.75) is 6.54 Å². The fourth-order valence-corrected chi connectivity index (χ4v) is 2.00. The lowest BCUT2D eigenvalue weighted by atomic mass is 10.4. The molecule has 0 radical (unpaired) electrons. The Bertz CT molecular complexity index is 459. The summed E-state index contributed by atoms with van der Waals surface area (Å²) >= 11 is 4.97. The van der Waals surface area contributed by atoms with E-state index in [1.165, 1.54) is 0 Å². The fraction of sp³-hybridized carbons (Fsp3) is 0.222. The highest BCUT2D eigenvalue weighted by molar-refractivity contribution is 9.10. The molecule has 0 aliphatic heterocycles. The molecule has 2 heterocycles. The maximum absolute atomic E-state index is 4.29. The summed E-state index contributed by atoms with van der Waals surface area (Å²) in [6.07, 6.45) is 1.71. The third-order valence-corrected chi connectivity index (χ3v) is 3.10. The molecule has 0 saturated heterocycles. The smallest absolute Gasteiger partial charge is 0.224 e. The molecule has 0 aliphatic carbocycles. The average Bonchev–Trinajstić information content (AvgIpc) is 2.81. The molecule has 0 spiro atoms. The summed E-state index contributed by atoms with van der Waals surface area (Å²) in [6.45, 7) is 0.655. The summed E-state index contributed by atoms with van der Waals surface area (Å²) in [5.74, 6) is 1.34. The lowest BCUT2D eigenvalue weighted by Gasteiger charge is -2.07. The number of rotatable bonds is 4. The van der Waals surface area contributed by atoms with Crippen LogP contribution >= 0.6 is 27.3 Å². The van der Waals surface area contributed by atoms with Gasteiger partial charge >= 0.3 is 0 Å². The van der Waals surface area contributed by atoms with Crippen molar-refractivity contribution < 1.29 is 0 Å². The third-order valence-electron chi connectivity index (χ3n) is 1.89. The van der Waals surface area contributed by atoms with Crippen molar-refractivity contribution in [1.82, 2.24) is 15.0 Å². The molecule has 0 bridgehead atoms. The zero-order valence-electron chi connectivity index (χ0n) is 8.57. The third kappa shape index (κ3) is 2.67. The first-order valence-electron chi connectivity index (χ1n) is 4.61. The normalized spacial score (nSPS) is 10.1. The van der Waals surface area contributed by atoms with Crippen molar-refractivity contribution in [2.75, 3.05) is 17.7 Å². The van der Waals surface area contributed by atoms with E-state index in [-0.39, 0.29) is 0 Å². The maximum atomic E-state index is 4.29. The molecule has 0 aliphatic rings. The van der Waals surface area contributed by atoms with E-state index in [2.05, 4.69) is 41.5 Å². The van der Waals surface area contributed by atoms with Crippen LogP contribution in [-0.2, 0) is 6.54 Å². The minimum absolute atomic E-state index is 0.587. The van der Waals surface area contributed by atoms with Gasteiger partial charge in [0.1, 0.15) is 5.82 Å². The predicted molar refractivity (Wildman–Crippen MR) is 68.7 cm³/mol. The van der Waals surface area contributed by atoms with Crippen LogP contribution in [0.5, 0.6) is 0 Å². The average molecular weight is 300 g/mol. The molecule has 0 aromatic carbocycles. The van der Waals surface area contributed by atoms with E-state index in [0.717, 1.165) is 16.0 Å². The first-order chi connectivity index (χ1) is 7.79. The van der Waals surface area contributed by atoms with Crippen LogP contribution in [0.2, 0.25) is 0 Å². The van der Waals surface area contributed by atoms with Gasteiger partial charge in [-0.05, 0) is 15.9 Å². The van der Waals surface area contributed by atoms with Crippen molar-refractivity contribution in [3.8, 4) is 0 Å². The van der Waals surface area contributed by atoms with Gasteiger partial charge in [-0.1, -0.05) is 0 Å². The summed E-state index contributed by atoms with van der Waals surface area (Å²) in [7, 11) is 1.79. The number of hydrogen-bond acceptors (Lipinski definition) is 6. The summed E-state index contributed by atoms with van der Waals surface area (Å²) in [6, 6.07) is 0. The van der Waals surface area contributed by atoms with Crippen LogP contribution < -0.4 is 10.6 Å². The molecular formula is C9H10BrN5S. The first kappa shape index (κ1) is 11.3. The molecule has 0 amide bonds. The Labute approximate surface area is 105 Å². The van der Waals surface area contributed by atoms with Gasteiger partial charge in [0.05, 0.1) is 22.2 Å². The number of halogens is 1. The molecule has 0 unspecified atom stereocenters. The molecule has 0 atom stereocenters. The van der Waals surface area contributed by atoms with Crippen LogP contribution in [0.1, 0.15) is 5.69 Å². The second-order valence-corrected chi connectivity index (χ2v) is 4.55. The van der Waals surface area contributed by atoms with E-state index in [0.29, 0.717) is 12.5 Å². The SMILES string of the molecule is CNc1ncc(Br)c(NCc2cscn2)n1. The molecule has 0 fully saturated rings.